The molecule has 2 aromatic rings. The van der Waals surface area contributed by atoms with E-state index in [1.165, 1.54) is 11.5 Å². The van der Waals surface area contributed by atoms with Gasteiger partial charge in [0.05, 0.1) is 11.7 Å². The van der Waals surface area contributed by atoms with Gasteiger partial charge in [-0.2, -0.15) is 0 Å². The van der Waals surface area contributed by atoms with Crippen LogP contribution in [0.25, 0.3) is 0 Å². The second-order valence-corrected chi connectivity index (χ2v) is 8.24. The fourth-order valence-corrected chi connectivity index (χ4v) is 4.31. The number of rotatable bonds is 6. The van der Waals surface area contributed by atoms with Gasteiger partial charge in [-0.15, -0.1) is 11.3 Å². The Balaban J connectivity index is 1.54. The summed E-state index contributed by atoms with van der Waals surface area (Å²) in [4.78, 5) is 68.8. The molecule has 2 aliphatic rings. The van der Waals surface area contributed by atoms with Gasteiger partial charge >= 0.3 is 5.97 Å². The molecule has 0 bridgehead atoms. The number of β-lactam (4-membered cyclic amide) rings is 1. The molecule has 7 N–H and O–H groups in total. The van der Waals surface area contributed by atoms with Gasteiger partial charge in [-0.1, -0.05) is 6.08 Å². The molecule has 0 saturated carbocycles. The number of hydrogen-bond acceptors (Lipinski definition) is 9. The highest BCUT2D eigenvalue weighted by molar-refractivity contribution is 7.13. The van der Waals surface area contributed by atoms with E-state index in [1.807, 2.05) is 0 Å². The van der Waals surface area contributed by atoms with Gasteiger partial charge in [-0.25, -0.2) is 9.78 Å². The lowest BCUT2D eigenvalue weighted by Crippen LogP contribution is -2.71. The van der Waals surface area contributed by atoms with Crippen LogP contribution in [0.3, 0.4) is 0 Å². The summed E-state index contributed by atoms with van der Waals surface area (Å²) in [6.45, 7) is 0. The van der Waals surface area contributed by atoms with Crippen LogP contribution in [0.5, 0.6) is 5.75 Å². The van der Waals surface area contributed by atoms with Crippen molar-refractivity contribution >= 4 is 40.2 Å². The molecule has 1 saturated heterocycles. The summed E-state index contributed by atoms with van der Waals surface area (Å²) in [7, 11) is 0. The number of allylic oxidation sites excluding steroid dienone is 1. The molecule has 3 unspecified atom stereocenters. The SMILES string of the molecule is Nc1nc(C(NC(=O)c2cc(=O)c(O)c[nH]2)C(=O)NC2C(=O)N3C(C(=O)O)=CCCC23)cs1. The quantitative estimate of drug-likeness (QED) is 0.285. The number of nitrogens with two attached hydrogens (primary N) is 1. The van der Waals surface area contributed by atoms with Crippen LogP contribution < -0.4 is 21.8 Å². The number of carbonyl (C=O) groups is 4. The summed E-state index contributed by atoms with van der Waals surface area (Å²) in [6.07, 6.45) is 3.28. The van der Waals surface area contributed by atoms with E-state index in [-0.39, 0.29) is 22.2 Å². The third-order valence-corrected chi connectivity index (χ3v) is 6.00. The summed E-state index contributed by atoms with van der Waals surface area (Å²) < 4.78 is 0. The number of hydrogen-bond donors (Lipinski definition) is 6. The molecule has 0 spiro atoms. The van der Waals surface area contributed by atoms with Crippen molar-refractivity contribution in [3.05, 3.63) is 51.0 Å². The van der Waals surface area contributed by atoms with Crippen molar-refractivity contribution in [1.82, 2.24) is 25.5 Å². The normalized spacial score (nSPS) is 20.2. The Morgan fingerprint density at radius 1 is 1.33 bits per heavy atom. The molecular formula is C19H18N6O7S. The molecule has 2 aliphatic heterocycles. The van der Waals surface area contributed by atoms with Crippen LogP contribution in [0.4, 0.5) is 5.13 Å². The zero-order valence-corrected chi connectivity index (χ0v) is 17.6. The molecular weight excluding hydrogens is 456 g/mol. The van der Waals surface area contributed by atoms with E-state index in [1.54, 1.807) is 0 Å². The summed E-state index contributed by atoms with van der Waals surface area (Å²) in [5.41, 5.74) is 4.63. The fourth-order valence-electron chi connectivity index (χ4n) is 3.72. The lowest BCUT2D eigenvalue weighted by molar-refractivity contribution is -0.156. The standard InChI is InChI=1S/C19H18N6O7S/c20-19-22-8(6-33-19)13(23-15(28)7-4-11(26)12(27)5-21-7)16(29)24-14-9-2-1-3-10(18(31)32)25(9)17(14)30/h3-6,9,13-14,27H,1-2H2,(H2,20,22)(H,21,26)(H,23,28)(H,24,29)(H,31,32). The molecule has 33 heavy (non-hydrogen) atoms. The van der Waals surface area contributed by atoms with Gasteiger partial charge in [-0.3, -0.25) is 24.1 Å². The zero-order valence-electron chi connectivity index (χ0n) is 16.8. The third kappa shape index (κ3) is 4.03. The first-order valence-corrected chi connectivity index (χ1v) is 10.6. The first kappa shape index (κ1) is 22.0. The van der Waals surface area contributed by atoms with E-state index in [9.17, 15) is 34.2 Å². The van der Waals surface area contributed by atoms with Gasteiger partial charge < -0.3 is 31.6 Å². The Kier molecular flexibility index (Phi) is 5.59. The van der Waals surface area contributed by atoms with Crippen molar-refractivity contribution < 1.29 is 29.4 Å². The molecule has 0 radical (unpaired) electrons. The minimum absolute atomic E-state index is 0.114. The zero-order chi connectivity index (χ0) is 23.9. The highest BCUT2D eigenvalue weighted by Gasteiger charge is 2.52. The number of carbonyl (C=O) groups excluding carboxylic acids is 3. The summed E-state index contributed by atoms with van der Waals surface area (Å²) in [6, 6.07) is -1.99. The molecule has 1 fully saturated rings. The number of thiazole rings is 1. The van der Waals surface area contributed by atoms with Crippen LogP contribution >= 0.6 is 11.3 Å². The number of carboxylic acid groups (broad SMARTS) is 1. The van der Waals surface area contributed by atoms with Gasteiger partial charge in [0.25, 0.3) is 11.8 Å². The monoisotopic (exact) mass is 474 g/mol. The van der Waals surface area contributed by atoms with Gasteiger partial charge in [0.15, 0.2) is 16.9 Å². The summed E-state index contributed by atoms with van der Waals surface area (Å²) in [5, 5.41) is 25.2. The second kappa shape index (κ2) is 8.38. The highest BCUT2D eigenvalue weighted by Crippen LogP contribution is 2.33. The second-order valence-electron chi connectivity index (χ2n) is 7.35. The number of anilines is 1. The van der Waals surface area contributed by atoms with Crippen molar-refractivity contribution in [3.63, 3.8) is 0 Å². The van der Waals surface area contributed by atoms with Crippen molar-refractivity contribution in [2.75, 3.05) is 5.73 Å². The molecule has 0 aromatic carbocycles. The number of aromatic nitrogens is 2. The predicted octanol–water partition coefficient (Wildman–Crippen LogP) is -0.952. The summed E-state index contributed by atoms with van der Waals surface area (Å²) >= 11 is 1.03. The van der Waals surface area contributed by atoms with Crippen LogP contribution in [-0.4, -0.2) is 60.9 Å². The van der Waals surface area contributed by atoms with Crippen LogP contribution in [0.15, 0.2) is 34.2 Å². The van der Waals surface area contributed by atoms with Crippen LogP contribution in [0.2, 0.25) is 0 Å². The van der Waals surface area contributed by atoms with Gasteiger partial charge in [-0.05, 0) is 12.8 Å². The number of carboxylic acids is 1. The molecule has 4 heterocycles. The number of fused-ring (bicyclic) bond motifs is 1. The lowest BCUT2D eigenvalue weighted by Gasteiger charge is -2.49. The van der Waals surface area contributed by atoms with Crippen molar-refractivity contribution in [3.8, 4) is 5.75 Å². The molecule has 2 aromatic heterocycles. The molecule has 14 heteroatoms. The van der Waals surface area contributed by atoms with E-state index >= 15 is 0 Å². The average molecular weight is 474 g/mol. The fraction of sp³-hybridized carbons (Fsp3) is 0.263. The predicted molar refractivity (Wildman–Crippen MR) is 113 cm³/mol. The maximum Gasteiger partial charge on any atom is 0.352 e. The van der Waals surface area contributed by atoms with Crippen LogP contribution in [-0.2, 0) is 14.4 Å². The Labute approximate surface area is 188 Å². The van der Waals surface area contributed by atoms with Crippen molar-refractivity contribution in [1.29, 1.82) is 0 Å². The topological polar surface area (TPSA) is 208 Å². The van der Waals surface area contributed by atoms with Crippen LogP contribution in [0.1, 0.15) is 35.1 Å². The maximum absolute atomic E-state index is 13.1. The Morgan fingerprint density at radius 3 is 2.73 bits per heavy atom. The largest absolute Gasteiger partial charge is 0.503 e. The number of amides is 3. The average Bonchev–Trinajstić information content (AvgIpc) is 3.22. The van der Waals surface area contributed by atoms with Crippen LogP contribution in [0, 0.1) is 0 Å². The lowest BCUT2D eigenvalue weighted by atomic mass is 9.86. The molecule has 4 rings (SSSR count). The third-order valence-electron chi connectivity index (χ3n) is 5.31. The molecule has 13 nitrogen and oxygen atoms in total. The van der Waals surface area contributed by atoms with Gasteiger partial charge in [0.1, 0.15) is 17.4 Å². The number of nitrogens with one attached hydrogen (secondary N) is 3. The number of pyridine rings is 1. The molecule has 0 aliphatic carbocycles. The number of nitrogen functional groups attached to an aromatic ring is 1. The minimum atomic E-state index is -1.36. The molecule has 3 atom stereocenters. The van der Waals surface area contributed by atoms with E-state index in [4.69, 9.17) is 5.73 Å². The van der Waals surface area contributed by atoms with E-state index in [2.05, 4.69) is 20.6 Å². The smallest absolute Gasteiger partial charge is 0.352 e. The number of aromatic hydroxyl groups is 1. The van der Waals surface area contributed by atoms with E-state index in [0.717, 1.165) is 28.5 Å². The Bertz CT molecular complexity index is 1250. The van der Waals surface area contributed by atoms with Crippen molar-refractivity contribution in [2.45, 2.75) is 31.0 Å². The Hall–Kier alpha value is -4.20. The summed E-state index contributed by atoms with van der Waals surface area (Å²) in [5.74, 6) is -3.99. The number of H-pyrrole nitrogens is 1. The van der Waals surface area contributed by atoms with Crippen molar-refractivity contribution in [2.24, 2.45) is 0 Å². The molecule has 3 amide bonds. The van der Waals surface area contributed by atoms with Gasteiger partial charge in [0, 0.05) is 17.6 Å². The van der Waals surface area contributed by atoms with E-state index in [0.29, 0.717) is 12.8 Å². The van der Waals surface area contributed by atoms with Gasteiger partial charge in [0.2, 0.25) is 11.3 Å². The highest BCUT2D eigenvalue weighted by atomic mass is 32.1. The number of nitrogens with zero attached hydrogens (tertiary/aromatic N) is 2. The maximum atomic E-state index is 13.1. The Morgan fingerprint density at radius 2 is 2.09 bits per heavy atom. The number of aliphatic carboxylic acids is 1. The van der Waals surface area contributed by atoms with E-state index < -0.39 is 53.0 Å². The molecule has 172 valence electrons. The number of aromatic amines is 1. The first-order chi connectivity index (χ1) is 15.7. The first-order valence-electron chi connectivity index (χ1n) is 9.67. The minimum Gasteiger partial charge on any atom is -0.503 e.